The van der Waals surface area contributed by atoms with E-state index in [-0.39, 0.29) is 5.78 Å². The molecule has 0 bridgehead atoms. The minimum absolute atomic E-state index is 0.137. The fourth-order valence-corrected chi connectivity index (χ4v) is 3.46. The van der Waals surface area contributed by atoms with E-state index in [0.29, 0.717) is 27.8 Å². The summed E-state index contributed by atoms with van der Waals surface area (Å²) in [4.78, 5) is 24.0. The highest BCUT2D eigenvalue weighted by Crippen LogP contribution is 2.31. The van der Waals surface area contributed by atoms with Crippen molar-refractivity contribution < 1.29 is 14.7 Å². The molecule has 1 heterocycles. The zero-order chi connectivity index (χ0) is 16.4. The molecule has 0 fully saturated rings. The van der Waals surface area contributed by atoms with Gasteiger partial charge in [0.15, 0.2) is 0 Å². The van der Waals surface area contributed by atoms with Crippen LogP contribution in [0.1, 0.15) is 41.0 Å². The van der Waals surface area contributed by atoms with Crippen molar-refractivity contribution in [1.82, 2.24) is 4.57 Å². The lowest BCUT2D eigenvalue weighted by atomic mass is 10.0. The molecule has 1 aromatic heterocycles. The molecule has 0 aliphatic carbocycles. The molecular formula is C16H15Br2NO3. The van der Waals surface area contributed by atoms with Crippen LogP contribution in [0.4, 0.5) is 0 Å². The summed E-state index contributed by atoms with van der Waals surface area (Å²) < 4.78 is 3.20. The van der Waals surface area contributed by atoms with Crippen molar-refractivity contribution in [3.8, 4) is 0 Å². The summed E-state index contributed by atoms with van der Waals surface area (Å²) in [5, 5.41) is 9.35. The summed E-state index contributed by atoms with van der Waals surface area (Å²) in [6.07, 6.45) is 0.456. The molecule has 22 heavy (non-hydrogen) atoms. The molecule has 1 unspecified atom stereocenters. The maximum absolute atomic E-state index is 12.6. The van der Waals surface area contributed by atoms with Gasteiger partial charge in [0, 0.05) is 27.3 Å². The second-order valence-electron chi connectivity index (χ2n) is 4.96. The number of halogens is 2. The molecule has 6 heteroatoms. The Kier molecular flexibility index (Phi) is 5.24. The Morgan fingerprint density at radius 3 is 2.32 bits per heavy atom. The molecule has 1 aromatic carbocycles. The number of aromatic nitrogens is 1. The van der Waals surface area contributed by atoms with Crippen LogP contribution >= 0.6 is 31.9 Å². The van der Waals surface area contributed by atoms with E-state index >= 15 is 0 Å². The number of carbonyl (C=O) groups is 2. The van der Waals surface area contributed by atoms with Crippen molar-refractivity contribution in [2.75, 3.05) is 0 Å². The number of benzene rings is 1. The average molecular weight is 429 g/mol. The SMILES string of the molecule is CCC(C(=O)O)c1c(Br)cc(C(=O)c2ccc(Br)cc2)n1C. The number of carboxylic acids is 1. The van der Waals surface area contributed by atoms with Gasteiger partial charge in [-0.15, -0.1) is 0 Å². The van der Waals surface area contributed by atoms with Crippen LogP contribution < -0.4 is 0 Å². The molecular weight excluding hydrogens is 414 g/mol. The molecule has 0 aliphatic rings. The minimum Gasteiger partial charge on any atom is -0.481 e. The van der Waals surface area contributed by atoms with Gasteiger partial charge in [0.05, 0.1) is 11.6 Å². The number of ketones is 1. The van der Waals surface area contributed by atoms with Gasteiger partial charge in [0.2, 0.25) is 5.78 Å². The van der Waals surface area contributed by atoms with Crippen molar-refractivity contribution in [3.63, 3.8) is 0 Å². The second kappa shape index (κ2) is 6.79. The standard InChI is InChI=1S/C16H15Br2NO3/c1-3-11(16(21)22)14-12(18)8-13(19(14)2)15(20)9-4-6-10(17)7-5-9/h4-8,11H,3H2,1-2H3,(H,21,22). The van der Waals surface area contributed by atoms with Crippen LogP contribution in [0.15, 0.2) is 39.3 Å². The largest absolute Gasteiger partial charge is 0.481 e. The molecule has 0 spiro atoms. The Labute approximate surface area is 145 Å². The summed E-state index contributed by atoms with van der Waals surface area (Å²) in [5.41, 5.74) is 1.63. The highest BCUT2D eigenvalue weighted by Gasteiger charge is 2.27. The Bertz CT molecular complexity index is 720. The van der Waals surface area contributed by atoms with E-state index in [0.717, 1.165) is 4.47 Å². The summed E-state index contributed by atoms with van der Waals surface area (Å²) in [6.45, 7) is 1.81. The highest BCUT2D eigenvalue weighted by molar-refractivity contribution is 9.10. The van der Waals surface area contributed by atoms with Crippen LogP contribution in [-0.4, -0.2) is 21.4 Å². The maximum atomic E-state index is 12.6. The number of hydrogen-bond acceptors (Lipinski definition) is 2. The molecule has 0 saturated carbocycles. The molecule has 2 aromatic rings. The average Bonchev–Trinajstić information content (AvgIpc) is 2.76. The van der Waals surface area contributed by atoms with Gasteiger partial charge in [-0.05, 0) is 52.7 Å². The van der Waals surface area contributed by atoms with E-state index in [1.807, 2.05) is 6.92 Å². The predicted octanol–water partition coefficient (Wildman–Crippen LogP) is 4.36. The molecule has 1 N–H and O–H groups in total. The maximum Gasteiger partial charge on any atom is 0.312 e. The Morgan fingerprint density at radius 1 is 1.23 bits per heavy atom. The van der Waals surface area contributed by atoms with Gasteiger partial charge in [0.1, 0.15) is 0 Å². The zero-order valence-corrected chi connectivity index (χ0v) is 15.3. The smallest absolute Gasteiger partial charge is 0.312 e. The third-order valence-corrected chi connectivity index (χ3v) is 4.77. The van der Waals surface area contributed by atoms with Crippen LogP contribution in [0.2, 0.25) is 0 Å². The lowest BCUT2D eigenvalue weighted by molar-refractivity contribution is -0.139. The summed E-state index contributed by atoms with van der Waals surface area (Å²) >= 11 is 6.72. The molecule has 0 amide bonds. The van der Waals surface area contributed by atoms with E-state index in [1.165, 1.54) is 0 Å². The topological polar surface area (TPSA) is 59.3 Å². The first-order chi connectivity index (χ1) is 10.4. The van der Waals surface area contributed by atoms with E-state index in [9.17, 15) is 14.7 Å². The monoisotopic (exact) mass is 427 g/mol. The van der Waals surface area contributed by atoms with Crippen molar-refractivity contribution >= 4 is 43.6 Å². The zero-order valence-electron chi connectivity index (χ0n) is 12.1. The predicted molar refractivity (Wildman–Crippen MR) is 91.4 cm³/mol. The van der Waals surface area contributed by atoms with Gasteiger partial charge in [-0.2, -0.15) is 0 Å². The van der Waals surface area contributed by atoms with E-state index in [1.54, 1.807) is 41.9 Å². The lowest BCUT2D eigenvalue weighted by Crippen LogP contribution is -2.17. The van der Waals surface area contributed by atoms with Gasteiger partial charge in [-0.1, -0.05) is 22.9 Å². The van der Waals surface area contributed by atoms with Crippen molar-refractivity contribution in [3.05, 3.63) is 56.2 Å². The van der Waals surface area contributed by atoms with Crippen LogP contribution in [0.3, 0.4) is 0 Å². The van der Waals surface area contributed by atoms with Crippen LogP contribution in [0, 0.1) is 0 Å². The quantitative estimate of drug-likeness (QED) is 0.719. The minimum atomic E-state index is -0.896. The Morgan fingerprint density at radius 2 is 1.82 bits per heavy atom. The van der Waals surface area contributed by atoms with Gasteiger partial charge in [0.25, 0.3) is 0 Å². The van der Waals surface area contributed by atoms with Gasteiger partial charge in [-0.3, -0.25) is 9.59 Å². The van der Waals surface area contributed by atoms with Crippen molar-refractivity contribution in [1.29, 1.82) is 0 Å². The lowest BCUT2D eigenvalue weighted by Gasteiger charge is -2.13. The Balaban J connectivity index is 2.47. The number of rotatable bonds is 5. The molecule has 0 aliphatic heterocycles. The molecule has 0 radical (unpaired) electrons. The van der Waals surface area contributed by atoms with E-state index < -0.39 is 11.9 Å². The van der Waals surface area contributed by atoms with Gasteiger partial charge >= 0.3 is 5.97 Å². The molecule has 116 valence electrons. The number of carboxylic acid groups (broad SMARTS) is 1. The second-order valence-corrected chi connectivity index (χ2v) is 6.73. The van der Waals surface area contributed by atoms with Gasteiger partial charge < -0.3 is 9.67 Å². The third-order valence-electron chi connectivity index (χ3n) is 3.61. The van der Waals surface area contributed by atoms with Crippen LogP contribution in [-0.2, 0) is 11.8 Å². The van der Waals surface area contributed by atoms with E-state index in [2.05, 4.69) is 31.9 Å². The summed E-state index contributed by atoms with van der Waals surface area (Å²) in [7, 11) is 1.72. The molecule has 4 nitrogen and oxygen atoms in total. The first-order valence-electron chi connectivity index (χ1n) is 6.75. The number of hydrogen-bond donors (Lipinski definition) is 1. The molecule has 2 rings (SSSR count). The first kappa shape index (κ1) is 17.0. The number of nitrogens with zero attached hydrogens (tertiary/aromatic N) is 1. The third kappa shape index (κ3) is 3.17. The fraction of sp³-hybridized carbons (Fsp3) is 0.250. The molecule has 1 atom stereocenters. The highest BCUT2D eigenvalue weighted by atomic mass is 79.9. The first-order valence-corrected chi connectivity index (χ1v) is 8.33. The van der Waals surface area contributed by atoms with Crippen LogP contribution in [0.25, 0.3) is 0 Å². The molecule has 0 saturated heterocycles. The summed E-state index contributed by atoms with van der Waals surface area (Å²) in [6, 6.07) is 8.77. The van der Waals surface area contributed by atoms with E-state index in [4.69, 9.17) is 0 Å². The fourth-order valence-electron chi connectivity index (χ4n) is 2.43. The summed E-state index contributed by atoms with van der Waals surface area (Å²) in [5.74, 6) is -1.68. The number of aliphatic carboxylic acids is 1. The van der Waals surface area contributed by atoms with Crippen molar-refractivity contribution in [2.24, 2.45) is 7.05 Å². The Hall–Kier alpha value is -1.40. The van der Waals surface area contributed by atoms with Crippen LogP contribution in [0.5, 0.6) is 0 Å². The van der Waals surface area contributed by atoms with Crippen molar-refractivity contribution in [2.45, 2.75) is 19.3 Å². The normalized spacial score (nSPS) is 12.2. The number of carbonyl (C=O) groups excluding carboxylic acids is 1. The van der Waals surface area contributed by atoms with Gasteiger partial charge in [-0.25, -0.2) is 0 Å².